The molecule has 0 heterocycles. The number of halogens is 4. The van der Waals surface area contributed by atoms with Crippen molar-refractivity contribution in [3.63, 3.8) is 0 Å². The second-order valence-electron chi connectivity index (χ2n) is 3.36. The fraction of sp³-hybridized carbons (Fsp3) is 0.273. The third kappa shape index (κ3) is 3.74. The normalized spacial score (nSPS) is 10.8. The van der Waals surface area contributed by atoms with Gasteiger partial charge in [0.25, 0.3) is 0 Å². The number of alkyl halides is 4. The molecule has 0 aliphatic heterocycles. The number of anilines is 1. The molecule has 96 valence electrons. The standard InChI is InChI=1S/C11H8BrF3N2O/c12-4-3-10(18)17-9-2-1-7(6-16)5-8(9)11(13,14)15/h1-2,5H,3-4H2,(H,17,18). The van der Waals surface area contributed by atoms with Gasteiger partial charge in [0.2, 0.25) is 5.91 Å². The molecular weight excluding hydrogens is 313 g/mol. The van der Waals surface area contributed by atoms with E-state index in [9.17, 15) is 18.0 Å². The number of hydrogen-bond acceptors (Lipinski definition) is 2. The van der Waals surface area contributed by atoms with Crippen molar-refractivity contribution in [2.75, 3.05) is 10.6 Å². The zero-order valence-electron chi connectivity index (χ0n) is 9.01. The first-order chi connectivity index (χ1) is 8.38. The highest BCUT2D eigenvalue weighted by molar-refractivity contribution is 9.09. The third-order valence-electron chi connectivity index (χ3n) is 2.05. The first-order valence-corrected chi connectivity index (χ1v) is 5.97. The van der Waals surface area contributed by atoms with E-state index in [2.05, 4.69) is 21.2 Å². The molecule has 0 aliphatic rings. The Labute approximate surface area is 110 Å². The van der Waals surface area contributed by atoms with Gasteiger partial charge in [0.15, 0.2) is 0 Å². The van der Waals surface area contributed by atoms with Crippen LogP contribution in [-0.4, -0.2) is 11.2 Å². The summed E-state index contributed by atoms with van der Waals surface area (Å²) in [5.41, 5.74) is -1.47. The van der Waals surface area contributed by atoms with E-state index in [4.69, 9.17) is 5.26 Å². The first kappa shape index (κ1) is 14.5. The summed E-state index contributed by atoms with van der Waals surface area (Å²) in [5, 5.41) is 11.1. The summed E-state index contributed by atoms with van der Waals surface area (Å²) >= 11 is 3.02. The number of benzene rings is 1. The van der Waals surface area contributed by atoms with Crippen molar-refractivity contribution in [3.05, 3.63) is 29.3 Å². The number of amides is 1. The van der Waals surface area contributed by atoms with Crippen LogP contribution in [0.15, 0.2) is 18.2 Å². The van der Waals surface area contributed by atoms with E-state index in [0.29, 0.717) is 11.4 Å². The number of rotatable bonds is 3. The molecule has 0 saturated carbocycles. The Bertz CT molecular complexity index is 494. The maximum Gasteiger partial charge on any atom is 0.418 e. The fourth-order valence-corrected chi connectivity index (χ4v) is 1.62. The molecule has 1 amide bonds. The van der Waals surface area contributed by atoms with Gasteiger partial charge < -0.3 is 5.32 Å². The van der Waals surface area contributed by atoms with Crippen LogP contribution in [0.3, 0.4) is 0 Å². The van der Waals surface area contributed by atoms with E-state index in [0.717, 1.165) is 6.07 Å². The molecule has 0 aromatic heterocycles. The highest BCUT2D eigenvalue weighted by Crippen LogP contribution is 2.35. The van der Waals surface area contributed by atoms with Gasteiger partial charge in [0, 0.05) is 11.8 Å². The molecule has 18 heavy (non-hydrogen) atoms. The molecule has 1 N–H and O–H groups in total. The number of hydrogen-bond donors (Lipinski definition) is 1. The number of nitriles is 1. The van der Waals surface area contributed by atoms with Gasteiger partial charge in [0.05, 0.1) is 22.9 Å². The minimum absolute atomic E-state index is 0.0668. The van der Waals surface area contributed by atoms with E-state index in [1.807, 2.05) is 0 Å². The monoisotopic (exact) mass is 320 g/mol. The fourth-order valence-electron chi connectivity index (χ4n) is 1.26. The van der Waals surface area contributed by atoms with Crippen LogP contribution in [0.2, 0.25) is 0 Å². The van der Waals surface area contributed by atoms with Crippen molar-refractivity contribution < 1.29 is 18.0 Å². The molecule has 7 heteroatoms. The van der Waals surface area contributed by atoms with Gasteiger partial charge in [-0.25, -0.2) is 0 Å². The molecule has 0 spiro atoms. The van der Waals surface area contributed by atoms with E-state index < -0.39 is 17.6 Å². The molecule has 0 saturated heterocycles. The Balaban J connectivity index is 3.12. The summed E-state index contributed by atoms with van der Waals surface area (Å²) in [6.45, 7) is 0. The number of nitrogens with zero attached hydrogens (tertiary/aromatic N) is 1. The molecule has 3 nitrogen and oxygen atoms in total. The molecular formula is C11H8BrF3N2O. The topological polar surface area (TPSA) is 52.9 Å². The van der Waals surface area contributed by atoms with Crippen molar-refractivity contribution in [2.24, 2.45) is 0 Å². The summed E-state index contributed by atoms with van der Waals surface area (Å²) < 4.78 is 38.2. The van der Waals surface area contributed by atoms with Crippen molar-refractivity contribution in [1.82, 2.24) is 0 Å². The van der Waals surface area contributed by atoms with Gasteiger partial charge in [-0.2, -0.15) is 18.4 Å². The van der Waals surface area contributed by atoms with E-state index >= 15 is 0 Å². The zero-order chi connectivity index (χ0) is 13.8. The predicted molar refractivity (Wildman–Crippen MR) is 63.2 cm³/mol. The van der Waals surface area contributed by atoms with Crippen LogP contribution in [0, 0.1) is 11.3 Å². The van der Waals surface area contributed by atoms with Crippen LogP contribution in [0.5, 0.6) is 0 Å². The molecule has 0 aliphatic carbocycles. The Kier molecular flexibility index (Phi) is 4.73. The third-order valence-corrected chi connectivity index (χ3v) is 2.45. The van der Waals surface area contributed by atoms with Gasteiger partial charge in [-0.05, 0) is 18.2 Å². The number of carbonyl (C=O) groups excluding carboxylic acids is 1. The maximum atomic E-state index is 12.7. The summed E-state index contributed by atoms with van der Waals surface area (Å²) in [6.07, 6.45) is -4.55. The molecule has 0 atom stereocenters. The smallest absolute Gasteiger partial charge is 0.325 e. The van der Waals surface area contributed by atoms with Crippen LogP contribution in [0.25, 0.3) is 0 Å². The quantitative estimate of drug-likeness (QED) is 0.869. The summed E-state index contributed by atoms with van der Waals surface area (Å²) in [7, 11) is 0. The van der Waals surface area contributed by atoms with Crippen LogP contribution in [0.1, 0.15) is 17.5 Å². The van der Waals surface area contributed by atoms with Crippen LogP contribution >= 0.6 is 15.9 Å². The van der Waals surface area contributed by atoms with Crippen LogP contribution in [-0.2, 0) is 11.0 Å². The van der Waals surface area contributed by atoms with E-state index in [1.165, 1.54) is 6.07 Å². The lowest BCUT2D eigenvalue weighted by Crippen LogP contribution is -2.16. The Morgan fingerprint density at radius 2 is 2.11 bits per heavy atom. The predicted octanol–water partition coefficient (Wildman–Crippen LogP) is 3.30. The second-order valence-corrected chi connectivity index (χ2v) is 4.15. The van der Waals surface area contributed by atoms with Crippen molar-refractivity contribution in [3.8, 4) is 6.07 Å². The average Bonchev–Trinajstić information content (AvgIpc) is 2.28. The molecule has 0 fully saturated rings. The molecule has 1 rings (SSSR count). The Morgan fingerprint density at radius 3 is 2.61 bits per heavy atom. The molecule has 0 bridgehead atoms. The lowest BCUT2D eigenvalue weighted by molar-refractivity contribution is -0.137. The van der Waals surface area contributed by atoms with E-state index in [-0.39, 0.29) is 17.7 Å². The zero-order valence-corrected chi connectivity index (χ0v) is 10.6. The van der Waals surface area contributed by atoms with Gasteiger partial charge in [-0.1, -0.05) is 15.9 Å². The SMILES string of the molecule is N#Cc1ccc(NC(=O)CCBr)c(C(F)(F)F)c1. The maximum absolute atomic E-state index is 12.7. The Morgan fingerprint density at radius 1 is 1.44 bits per heavy atom. The minimum atomic E-state index is -4.62. The molecule has 0 radical (unpaired) electrons. The second kappa shape index (κ2) is 5.87. The summed E-state index contributed by atoms with van der Waals surface area (Å²) in [6, 6.07) is 4.64. The van der Waals surface area contributed by atoms with Gasteiger partial charge in [-0.3, -0.25) is 4.79 Å². The largest absolute Gasteiger partial charge is 0.418 e. The van der Waals surface area contributed by atoms with Crippen molar-refractivity contribution in [2.45, 2.75) is 12.6 Å². The highest BCUT2D eigenvalue weighted by Gasteiger charge is 2.34. The van der Waals surface area contributed by atoms with E-state index in [1.54, 1.807) is 6.07 Å². The lowest BCUT2D eigenvalue weighted by Gasteiger charge is -2.13. The van der Waals surface area contributed by atoms with Crippen molar-refractivity contribution >= 4 is 27.5 Å². The van der Waals surface area contributed by atoms with Gasteiger partial charge in [-0.15, -0.1) is 0 Å². The van der Waals surface area contributed by atoms with Crippen LogP contribution in [0.4, 0.5) is 18.9 Å². The number of carbonyl (C=O) groups is 1. The summed E-state index contributed by atoms with van der Waals surface area (Å²) in [5.74, 6) is -0.526. The highest BCUT2D eigenvalue weighted by atomic mass is 79.9. The van der Waals surface area contributed by atoms with Gasteiger partial charge >= 0.3 is 6.18 Å². The average molecular weight is 321 g/mol. The number of nitrogens with one attached hydrogen (secondary N) is 1. The minimum Gasteiger partial charge on any atom is -0.325 e. The lowest BCUT2D eigenvalue weighted by atomic mass is 10.1. The first-order valence-electron chi connectivity index (χ1n) is 4.85. The molecule has 1 aromatic rings. The van der Waals surface area contributed by atoms with Gasteiger partial charge in [0.1, 0.15) is 0 Å². The molecule has 0 unspecified atom stereocenters. The van der Waals surface area contributed by atoms with Crippen LogP contribution < -0.4 is 5.32 Å². The van der Waals surface area contributed by atoms with Crippen molar-refractivity contribution in [1.29, 1.82) is 5.26 Å². The summed E-state index contributed by atoms with van der Waals surface area (Å²) in [4.78, 5) is 11.3. The Hall–Kier alpha value is -1.55. The molecule has 1 aromatic carbocycles.